The van der Waals surface area contributed by atoms with Gasteiger partial charge in [-0.25, -0.2) is 0 Å². The molecule has 180 valence electrons. The van der Waals surface area contributed by atoms with Crippen LogP contribution in [0.25, 0.3) is 0 Å². The zero-order valence-corrected chi connectivity index (χ0v) is 19.7. The molecular weight excluding hydrogens is 467 g/mol. The Morgan fingerprint density at radius 2 is 1.79 bits per heavy atom. The Morgan fingerprint density at radius 3 is 2.50 bits per heavy atom. The van der Waals surface area contributed by atoms with Gasteiger partial charge in [0, 0.05) is 18.4 Å². The van der Waals surface area contributed by atoms with Crippen molar-refractivity contribution < 1.29 is 22.8 Å². The summed E-state index contributed by atoms with van der Waals surface area (Å²) in [5, 5.41) is 13.8. The van der Waals surface area contributed by atoms with Gasteiger partial charge >= 0.3 is 6.18 Å². The molecule has 1 aromatic heterocycles. The number of aryl methyl sites for hydroxylation is 2. The summed E-state index contributed by atoms with van der Waals surface area (Å²) in [4.78, 5) is 24.8. The highest BCUT2D eigenvalue weighted by atomic mass is 32.2. The zero-order chi connectivity index (χ0) is 24.9. The van der Waals surface area contributed by atoms with Crippen molar-refractivity contribution in [3.8, 4) is 0 Å². The fourth-order valence-electron chi connectivity index (χ4n) is 3.25. The average molecular weight is 492 g/mol. The molecule has 3 rings (SSSR count). The summed E-state index contributed by atoms with van der Waals surface area (Å²) in [5.74, 6) is -0.309. The Labute approximate surface area is 199 Å². The van der Waals surface area contributed by atoms with E-state index in [4.69, 9.17) is 0 Å². The van der Waals surface area contributed by atoms with Gasteiger partial charge in [0.05, 0.1) is 17.7 Å². The van der Waals surface area contributed by atoms with Gasteiger partial charge < -0.3 is 15.2 Å². The van der Waals surface area contributed by atoms with Crippen LogP contribution in [0.4, 0.5) is 24.5 Å². The lowest BCUT2D eigenvalue weighted by Gasteiger charge is -2.12. The van der Waals surface area contributed by atoms with Crippen LogP contribution in [-0.2, 0) is 35.7 Å². The minimum absolute atomic E-state index is 0.0379. The van der Waals surface area contributed by atoms with E-state index in [-0.39, 0.29) is 23.8 Å². The SMILES string of the molecule is CCc1cccc(C)c1NC(=O)CSc1nnc(CC(=O)Nc2cccc(C(F)(F)F)c2)n1C. The van der Waals surface area contributed by atoms with Crippen molar-refractivity contribution in [1.82, 2.24) is 14.8 Å². The van der Waals surface area contributed by atoms with Crippen LogP contribution in [0.5, 0.6) is 0 Å². The third kappa shape index (κ3) is 6.37. The van der Waals surface area contributed by atoms with Crippen molar-refractivity contribution >= 4 is 35.0 Å². The van der Waals surface area contributed by atoms with Gasteiger partial charge in [-0.2, -0.15) is 13.2 Å². The van der Waals surface area contributed by atoms with Crippen molar-refractivity contribution in [2.45, 2.75) is 38.0 Å². The van der Waals surface area contributed by atoms with Crippen LogP contribution in [0.15, 0.2) is 47.6 Å². The number of benzene rings is 2. The number of halogens is 3. The molecule has 0 saturated heterocycles. The molecule has 0 radical (unpaired) electrons. The van der Waals surface area contributed by atoms with E-state index in [9.17, 15) is 22.8 Å². The third-order valence-corrected chi connectivity index (χ3v) is 6.07. The van der Waals surface area contributed by atoms with E-state index >= 15 is 0 Å². The minimum atomic E-state index is -4.50. The van der Waals surface area contributed by atoms with E-state index in [0.29, 0.717) is 11.0 Å². The Bertz CT molecular complexity index is 1190. The van der Waals surface area contributed by atoms with Crippen LogP contribution in [0.3, 0.4) is 0 Å². The van der Waals surface area contributed by atoms with Gasteiger partial charge in [-0.05, 0) is 42.7 Å². The number of hydrogen-bond acceptors (Lipinski definition) is 5. The fraction of sp³-hybridized carbons (Fsp3) is 0.304. The number of alkyl halides is 3. The molecular formula is C23H24F3N5O2S. The molecule has 2 aromatic carbocycles. The molecule has 11 heteroatoms. The minimum Gasteiger partial charge on any atom is -0.326 e. The van der Waals surface area contributed by atoms with E-state index in [1.54, 1.807) is 11.6 Å². The second-order valence-corrected chi connectivity index (χ2v) is 8.50. The first kappa shape index (κ1) is 25.3. The largest absolute Gasteiger partial charge is 0.416 e. The van der Waals surface area contributed by atoms with E-state index in [2.05, 4.69) is 20.8 Å². The molecule has 2 amide bonds. The van der Waals surface area contributed by atoms with Gasteiger partial charge in [0.25, 0.3) is 0 Å². The maximum Gasteiger partial charge on any atom is 0.416 e. The molecule has 0 aliphatic rings. The maximum absolute atomic E-state index is 12.9. The van der Waals surface area contributed by atoms with Crippen LogP contribution in [0, 0.1) is 6.92 Å². The van der Waals surface area contributed by atoms with Crippen molar-refractivity contribution in [2.75, 3.05) is 16.4 Å². The number of hydrogen-bond donors (Lipinski definition) is 2. The summed E-state index contributed by atoms with van der Waals surface area (Å²) < 4.78 is 40.1. The normalized spacial score (nSPS) is 11.4. The van der Waals surface area contributed by atoms with Crippen LogP contribution in [-0.4, -0.2) is 32.3 Å². The van der Waals surface area contributed by atoms with Crippen LogP contribution in [0.2, 0.25) is 0 Å². The molecule has 0 bridgehead atoms. The van der Waals surface area contributed by atoms with Gasteiger partial charge in [-0.1, -0.05) is 43.0 Å². The van der Waals surface area contributed by atoms with E-state index in [1.165, 1.54) is 23.9 Å². The maximum atomic E-state index is 12.9. The number of nitrogens with one attached hydrogen (secondary N) is 2. The zero-order valence-electron chi connectivity index (χ0n) is 18.9. The molecule has 0 spiro atoms. The van der Waals surface area contributed by atoms with Crippen LogP contribution in [0.1, 0.15) is 29.4 Å². The van der Waals surface area contributed by atoms with Crippen molar-refractivity contribution in [2.24, 2.45) is 7.05 Å². The highest BCUT2D eigenvalue weighted by Gasteiger charge is 2.30. The van der Waals surface area contributed by atoms with E-state index < -0.39 is 17.6 Å². The molecule has 34 heavy (non-hydrogen) atoms. The monoisotopic (exact) mass is 491 g/mol. The lowest BCUT2D eigenvalue weighted by Crippen LogP contribution is -2.18. The van der Waals surface area contributed by atoms with Gasteiger partial charge in [0.2, 0.25) is 11.8 Å². The molecule has 7 nitrogen and oxygen atoms in total. The van der Waals surface area contributed by atoms with Crippen LogP contribution >= 0.6 is 11.8 Å². The Hall–Kier alpha value is -3.34. The number of carbonyl (C=O) groups excluding carboxylic acids is 2. The number of amides is 2. The van der Waals surface area contributed by atoms with Gasteiger partial charge in [-0.15, -0.1) is 10.2 Å². The number of aromatic nitrogens is 3. The number of thioether (sulfide) groups is 1. The number of carbonyl (C=O) groups is 2. The van der Waals surface area contributed by atoms with Crippen molar-refractivity contribution in [3.63, 3.8) is 0 Å². The summed E-state index contributed by atoms with van der Waals surface area (Å²) in [5.41, 5.74) is 2.02. The third-order valence-electron chi connectivity index (χ3n) is 5.05. The summed E-state index contributed by atoms with van der Waals surface area (Å²) >= 11 is 1.17. The highest BCUT2D eigenvalue weighted by molar-refractivity contribution is 7.99. The van der Waals surface area contributed by atoms with Gasteiger partial charge in [-0.3, -0.25) is 9.59 Å². The number of para-hydroxylation sites is 1. The summed E-state index contributed by atoms with van der Waals surface area (Å²) in [6.45, 7) is 3.95. The molecule has 3 aromatic rings. The fourth-order valence-corrected chi connectivity index (χ4v) is 3.98. The predicted molar refractivity (Wildman–Crippen MR) is 125 cm³/mol. The second-order valence-electron chi connectivity index (χ2n) is 7.56. The Morgan fingerprint density at radius 1 is 1.06 bits per heavy atom. The average Bonchev–Trinajstić information content (AvgIpc) is 3.12. The Kier molecular flexibility index (Phi) is 7.98. The quantitative estimate of drug-likeness (QED) is 0.449. The second kappa shape index (κ2) is 10.7. The molecule has 0 fully saturated rings. The van der Waals surface area contributed by atoms with Crippen LogP contribution < -0.4 is 10.6 Å². The molecule has 2 N–H and O–H groups in total. The highest BCUT2D eigenvalue weighted by Crippen LogP contribution is 2.30. The lowest BCUT2D eigenvalue weighted by atomic mass is 10.1. The number of anilines is 2. The van der Waals surface area contributed by atoms with Gasteiger partial charge in [0.1, 0.15) is 5.82 Å². The molecule has 1 heterocycles. The Balaban J connectivity index is 1.58. The topological polar surface area (TPSA) is 88.9 Å². The number of rotatable bonds is 8. The molecule has 0 unspecified atom stereocenters. The molecule has 0 atom stereocenters. The summed E-state index contributed by atoms with van der Waals surface area (Å²) in [6.07, 6.45) is -3.89. The first-order valence-electron chi connectivity index (χ1n) is 10.4. The van der Waals surface area contributed by atoms with Crippen molar-refractivity contribution in [1.29, 1.82) is 0 Å². The molecule has 0 aliphatic carbocycles. The van der Waals surface area contributed by atoms with Crippen molar-refractivity contribution in [3.05, 3.63) is 65.0 Å². The predicted octanol–water partition coefficient (Wildman–Crippen LogP) is 4.62. The number of nitrogens with zero attached hydrogens (tertiary/aromatic N) is 3. The smallest absolute Gasteiger partial charge is 0.326 e. The standard InChI is InChI=1S/C23H24F3N5O2S/c1-4-15-8-5-7-14(2)21(15)28-20(33)13-34-22-30-29-18(31(22)3)12-19(32)27-17-10-6-9-16(11-17)23(24,25)26/h5-11H,4,12-13H2,1-3H3,(H,27,32)(H,28,33). The van der Waals surface area contributed by atoms with E-state index in [1.807, 2.05) is 32.0 Å². The lowest BCUT2D eigenvalue weighted by molar-refractivity contribution is -0.137. The first-order chi connectivity index (χ1) is 16.1. The first-order valence-corrected chi connectivity index (χ1v) is 11.4. The summed E-state index contributed by atoms with van der Waals surface area (Å²) in [7, 11) is 1.66. The molecule has 0 saturated carbocycles. The van der Waals surface area contributed by atoms with Gasteiger partial charge in [0.15, 0.2) is 5.16 Å². The summed E-state index contributed by atoms with van der Waals surface area (Å²) in [6, 6.07) is 10.2. The van der Waals surface area contributed by atoms with E-state index in [0.717, 1.165) is 35.4 Å². The molecule has 0 aliphatic heterocycles.